The molecule has 0 saturated carbocycles. The molecule has 5 rings (SSSR count). The predicted octanol–water partition coefficient (Wildman–Crippen LogP) is 7.74. The van der Waals surface area contributed by atoms with Gasteiger partial charge in [0.1, 0.15) is 5.69 Å². The van der Waals surface area contributed by atoms with E-state index in [2.05, 4.69) is 38.1 Å². The third kappa shape index (κ3) is 5.84. The van der Waals surface area contributed by atoms with Gasteiger partial charge in [-0.05, 0) is 82.8 Å². The summed E-state index contributed by atoms with van der Waals surface area (Å²) in [6.07, 6.45) is 1.47. The zero-order chi connectivity index (χ0) is 28.2. The molecule has 0 bridgehead atoms. The van der Waals surface area contributed by atoms with Crippen molar-refractivity contribution in [1.82, 2.24) is 10.4 Å². The maximum atomic E-state index is 13.3. The second-order valence-electron chi connectivity index (χ2n) is 8.52. The Morgan fingerprint density at radius 2 is 1.73 bits per heavy atom. The van der Waals surface area contributed by atoms with E-state index in [1.807, 2.05) is 36.4 Å². The van der Waals surface area contributed by atoms with Crippen molar-refractivity contribution in [3.05, 3.63) is 115 Å². The summed E-state index contributed by atoms with van der Waals surface area (Å²) in [4.78, 5) is 29.0. The maximum Gasteiger partial charge on any atom is 0.343 e. The fourth-order valence-corrected chi connectivity index (χ4v) is 5.10. The van der Waals surface area contributed by atoms with Crippen molar-refractivity contribution in [2.75, 3.05) is 7.11 Å². The van der Waals surface area contributed by atoms with Gasteiger partial charge in [-0.2, -0.15) is 5.10 Å². The average Bonchev–Trinajstić information content (AvgIpc) is 3.35. The summed E-state index contributed by atoms with van der Waals surface area (Å²) in [5.74, 6) is -0.422. The van der Waals surface area contributed by atoms with E-state index in [0.29, 0.717) is 38.2 Å². The second-order valence-corrected chi connectivity index (χ2v) is 10.5. The summed E-state index contributed by atoms with van der Waals surface area (Å²) in [6.45, 7) is 0. The molecule has 4 aromatic carbocycles. The van der Waals surface area contributed by atoms with E-state index in [1.165, 1.54) is 13.3 Å². The van der Waals surface area contributed by atoms with Crippen molar-refractivity contribution in [1.29, 1.82) is 0 Å². The smallest absolute Gasteiger partial charge is 0.343 e. The minimum Gasteiger partial charge on any atom is -0.493 e. The number of methoxy groups -OCH3 is 1. The first-order valence-corrected chi connectivity index (χ1v) is 13.7. The number of hydrogen-bond acceptors (Lipinski definition) is 5. The molecule has 0 fully saturated rings. The number of esters is 1. The van der Waals surface area contributed by atoms with Crippen LogP contribution < -0.4 is 14.9 Å². The highest BCUT2D eigenvalue weighted by Crippen LogP contribution is 2.38. The van der Waals surface area contributed by atoms with Gasteiger partial charge in [-0.15, -0.1) is 0 Å². The van der Waals surface area contributed by atoms with Crippen LogP contribution in [0.15, 0.2) is 90.0 Å². The summed E-state index contributed by atoms with van der Waals surface area (Å²) in [5, 5.41) is 6.06. The molecular weight excluding hydrogens is 664 g/mol. The van der Waals surface area contributed by atoms with Crippen molar-refractivity contribution in [2.45, 2.75) is 0 Å². The molecule has 1 heterocycles. The van der Waals surface area contributed by atoms with Gasteiger partial charge in [-0.1, -0.05) is 53.5 Å². The molecule has 0 aliphatic rings. The van der Waals surface area contributed by atoms with E-state index in [-0.39, 0.29) is 5.75 Å². The number of amides is 1. The van der Waals surface area contributed by atoms with E-state index in [1.54, 1.807) is 48.5 Å². The standard InChI is InChI=1S/C30H20Cl2IN3O4/c1-39-25-15-17(9-14-24(25)40-30(38)18-10-12-19(31)13-11-18)16-34-36-29(37)28-26(20-5-2-3-7-22(20)32)21-6-4-8-23(33)27(21)35-28/h2-16,35H,1H3,(H,36,37). The van der Waals surface area contributed by atoms with Gasteiger partial charge >= 0.3 is 5.97 Å². The molecule has 7 nitrogen and oxygen atoms in total. The minimum absolute atomic E-state index is 0.237. The highest BCUT2D eigenvalue weighted by Gasteiger charge is 2.21. The Balaban J connectivity index is 1.37. The van der Waals surface area contributed by atoms with Crippen LogP contribution in [0.1, 0.15) is 26.4 Å². The van der Waals surface area contributed by atoms with Gasteiger partial charge in [-0.25, -0.2) is 10.2 Å². The van der Waals surface area contributed by atoms with Crippen molar-refractivity contribution in [3.63, 3.8) is 0 Å². The molecule has 0 atom stereocenters. The Morgan fingerprint density at radius 1 is 0.950 bits per heavy atom. The number of nitrogens with zero attached hydrogens (tertiary/aromatic N) is 1. The highest BCUT2D eigenvalue weighted by molar-refractivity contribution is 14.1. The van der Waals surface area contributed by atoms with Crippen LogP contribution in [0.3, 0.4) is 0 Å². The summed E-state index contributed by atoms with van der Waals surface area (Å²) in [6, 6.07) is 24.5. The molecule has 10 heteroatoms. The van der Waals surface area contributed by atoms with Crippen LogP contribution in [-0.2, 0) is 0 Å². The molecular formula is C30H20Cl2IN3O4. The Bertz CT molecular complexity index is 1770. The summed E-state index contributed by atoms with van der Waals surface area (Å²) in [5.41, 5.74) is 6.15. The normalized spacial score (nSPS) is 11.1. The van der Waals surface area contributed by atoms with Gasteiger partial charge in [0.2, 0.25) is 0 Å². The maximum absolute atomic E-state index is 13.3. The summed E-state index contributed by atoms with van der Waals surface area (Å²) >= 11 is 14.6. The fraction of sp³-hybridized carbons (Fsp3) is 0.0333. The molecule has 0 radical (unpaired) electrons. The van der Waals surface area contributed by atoms with Crippen molar-refractivity contribution < 1.29 is 19.1 Å². The van der Waals surface area contributed by atoms with Crippen LogP contribution in [0, 0.1) is 3.57 Å². The van der Waals surface area contributed by atoms with E-state index in [4.69, 9.17) is 32.7 Å². The zero-order valence-corrected chi connectivity index (χ0v) is 24.5. The van der Waals surface area contributed by atoms with Crippen LogP contribution in [0.25, 0.3) is 22.0 Å². The molecule has 200 valence electrons. The van der Waals surface area contributed by atoms with Crippen LogP contribution >= 0.6 is 45.8 Å². The van der Waals surface area contributed by atoms with E-state index >= 15 is 0 Å². The Morgan fingerprint density at radius 3 is 2.48 bits per heavy atom. The number of benzene rings is 4. The lowest BCUT2D eigenvalue weighted by Crippen LogP contribution is -2.19. The van der Waals surface area contributed by atoms with Gasteiger partial charge in [0.25, 0.3) is 5.91 Å². The number of hydrazone groups is 1. The minimum atomic E-state index is -0.550. The topological polar surface area (TPSA) is 92.8 Å². The number of halogens is 3. The highest BCUT2D eigenvalue weighted by atomic mass is 127. The second kappa shape index (κ2) is 12.1. The lowest BCUT2D eigenvalue weighted by Gasteiger charge is -2.10. The predicted molar refractivity (Wildman–Crippen MR) is 166 cm³/mol. The number of para-hydroxylation sites is 1. The summed E-state index contributed by atoms with van der Waals surface area (Å²) in [7, 11) is 1.46. The number of nitrogens with one attached hydrogen (secondary N) is 2. The van der Waals surface area contributed by atoms with Gasteiger partial charge in [0.05, 0.1) is 24.4 Å². The van der Waals surface area contributed by atoms with E-state index in [0.717, 1.165) is 20.0 Å². The molecule has 2 N–H and O–H groups in total. The van der Waals surface area contributed by atoms with Crippen LogP contribution in [0.5, 0.6) is 11.5 Å². The lowest BCUT2D eigenvalue weighted by atomic mass is 10.0. The number of carbonyl (C=O) groups is 2. The first-order chi connectivity index (χ1) is 19.4. The van der Waals surface area contributed by atoms with Crippen molar-refractivity contribution in [2.24, 2.45) is 5.10 Å². The van der Waals surface area contributed by atoms with Gasteiger partial charge in [-0.3, -0.25) is 4.79 Å². The number of rotatable bonds is 7. The molecule has 0 saturated heterocycles. The van der Waals surface area contributed by atoms with Crippen molar-refractivity contribution in [3.8, 4) is 22.6 Å². The van der Waals surface area contributed by atoms with Gasteiger partial charge < -0.3 is 14.5 Å². The Hall–Kier alpha value is -3.86. The molecule has 5 aromatic rings. The molecule has 0 aliphatic heterocycles. The van der Waals surface area contributed by atoms with Gasteiger partial charge in [0, 0.05) is 30.1 Å². The number of ether oxygens (including phenoxy) is 2. The molecule has 0 unspecified atom stereocenters. The first-order valence-electron chi connectivity index (χ1n) is 11.9. The molecule has 40 heavy (non-hydrogen) atoms. The Labute approximate surface area is 253 Å². The van der Waals surface area contributed by atoms with E-state index < -0.39 is 11.9 Å². The van der Waals surface area contributed by atoms with Gasteiger partial charge in [0.15, 0.2) is 11.5 Å². The molecule has 1 aromatic heterocycles. The number of H-pyrrole nitrogens is 1. The zero-order valence-electron chi connectivity index (χ0n) is 20.9. The van der Waals surface area contributed by atoms with Crippen LogP contribution in [0.4, 0.5) is 0 Å². The third-order valence-electron chi connectivity index (χ3n) is 6.00. The number of aromatic amines is 1. The molecule has 0 aliphatic carbocycles. The lowest BCUT2D eigenvalue weighted by molar-refractivity contribution is 0.0729. The fourth-order valence-electron chi connectivity index (χ4n) is 4.11. The molecule has 1 amide bonds. The largest absolute Gasteiger partial charge is 0.493 e. The number of hydrogen-bond donors (Lipinski definition) is 2. The average molecular weight is 684 g/mol. The number of carbonyl (C=O) groups excluding carboxylic acids is 2. The monoisotopic (exact) mass is 683 g/mol. The SMILES string of the molecule is COc1cc(C=NNC(=O)c2[nH]c3c(I)cccc3c2-c2ccccc2Cl)ccc1OC(=O)c1ccc(Cl)cc1. The molecule has 0 spiro atoms. The van der Waals surface area contributed by atoms with Crippen LogP contribution in [-0.4, -0.2) is 30.2 Å². The van der Waals surface area contributed by atoms with Crippen LogP contribution in [0.2, 0.25) is 10.0 Å². The number of aromatic nitrogens is 1. The summed E-state index contributed by atoms with van der Waals surface area (Å²) < 4.78 is 11.8. The number of fused-ring (bicyclic) bond motifs is 1. The first kappa shape index (κ1) is 27.7. The third-order valence-corrected chi connectivity index (χ3v) is 7.48. The Kier molecular flexibility index (Phi) is 8.39. The quantitative estimate of drug-likeness (QED) is 0.0604. The van der Waals surface area contributed by atoms with Crippen molar-refractivity contribution >= 4 is 74.8 Å². The van der Waals surface area contributed by atoms with E-state index in [9.17, 15) is 9.59 Å².